The maximum atomic E-state index is 12.8. The number of nitrogens with zero attached hydrogens (tertiary/aromatic N) is 7. The van der Waals surface area contributed by atoms with Crippen LogP contribution in [0.2, 0.25) is 0 Å². The summed E-state index contributed by atoms with van der Waals surface area (Å²) in [6, 6.07) is 0. The molecular formula is C9H7FN8O2S. The Morgan fingerprint density at radius 2 is 1.81 bits per heavy atom. The molecule has 0 aliphatic heterocycles. The van der Waals surface area contributed by atoms with Gasteiger partial charge in [0.25, 0.3) is 10.9 Å². The van der Waals surface area contributed by atoms with E-state index in [9.17, 15) is 12.8 Å². The zero-order chi connectivity index (χ0) is 15.2. The number of aromatic nitrogens is 7. The summed E-state index contributed by atoms with van der Waals surface area (Å²) in [6.45, 7) is 0. The highest BCUT2D eigenvalue weighted by molar-refractivity contribution is 7.90. The zero-order valence-corrected chi connectivity index (χ0v) is 11.3. The quantitative estimate of drug-likeness (QED) is 0.637. The van der Waals surface area contributed by atoms with Crippen LogP contribution in [0.15, 0.2) is 17.6 Å². The Labute approximate surface area is 116 Å². The van der Waals surface area contributed by atoms with E-state index in [1.807, 2.05) is 0 Å². The van der Waals surface area contributed by atoms with Gasteiger partial charge in [0, 0.05) is 6.26 Å². The predicted molar refractivity (Wildman–Crippen MR) is 67.1 cm³/mol. The summed E-state index contributed by atoms with van der Waals surface area (Å²) in [5.41, 5.74) is 5.61. The van der Waals surface area contributed by atoms with Crippen molar-refractivity contribution in [2.45, 2.75) is 5.16 Å². The average Bonchev–Trinajstić information content (AvgIpc) is 2.83. The third kappa shape index (κ3) is 2.35. The number of fused-ring (bicyclic) bond motifs is 1. The van der Waals surface area contributed by atoms with E-state index in [4.69, 9.17) is 5.73 Å². The molecule has 0 aliphatic carbocycles. The summed E-state index contributed by atoms with van der Waals surface area (Å²) in [7, 11) is -3.64. The molecule has 3 heterocycles. The van der Waals surface area contributed by atoms with E-state index in [2.05, 4.69) is 30.0 Å². The molecule has 0 atom stereocenters. The van der Waals surface area contributed by atoms with E-state index in [-0.39, 0.29) is 23.4 Å². The molecule has 3 aromatic rings. The van der Waals surface area contributed by atoms with Crippen molar-refractivity contribution in [3.8, 4) is 11.6 Å². The van der Waals surface area contributed by atoms with Crippen LogP contribution in [0.4, 0.5) is 10.3 Å². The van der Waals surface area contributed by atoms with Gasteiger partial charge in [-0.05, 0) is 0 Å². The van der Waals surface area contributed by atoms with Crippen molar-refractivity contribution in [1.29, 1.82) is 0 Å². The summed E-state index contributed by atoms with van der Waals surface area (Å²) in [5, 5.41) is 3.48. The Morgan fingerprint density at radius 1 is 1.14 bits per heavy atom. The molecule has 0 bridgehead atoms. The summed E-state index contributed by atoms with van der Waals surface area (Å²) in [4.78, 5) is 18.8. The van der Waals surface area contributed by atoms with Crippen LogP contribution >= 0.6 is 0 Å². The van der Waals surface area contributed by atoms with Gasteiger partial charge in [0.2, 0.25) is 21.6 Å². The third-order valence-electron chi connectivity index (χ3n) is 2.36. The van der Waals surface area contributed by atoms with Gasteiger partial charge in [0.1, 0.15) is 0 Å². The maximum Gasteiger partial charge on any atom is 0.258 e. The third-order valence-corrected chi connectivity index (χ3v) is 3.21. The van der Waals surface area contributed by atoms with Crippen LogP contribution < -0.4 is 5.73 Å². The molecule has 0 unspecified atom stereocenters. The van der Waals surface area contributed by atoms with Crippen LogP contribution in [0.25, 0.3) is 17.4 Å². The van der Waals surface area contributed by atoms with Crippen LogP contribution in [0.5, 0.6) is 0 Å². The number of halogens is 1. The van der Waals surface area contributed by atoms with Crippen LogP contribution in [0, 0.1) is 5.82 Å². The molecule has 12 heteroatoms. The SMILES string of the molecule is CS(=O)(=O)c1nc(N)n2nc(-c3ncc(F)cn3)nc2n1. The Kier molecular flexibility index (Phi) is 2.76. The minimum absolute atomic E-state index is 0.0154. The van der Waals surface area contributed by atoms with Gasteiger partial charge in [-0.3, -0.25) is 0 Å². The standard InChI is InChI=1S/C9H7FN8O2S/c1-21(19,20)9-15-7(11)18-8(16-9)14-6(17-18)5-12-2-4(10)3-13-5/h2-3H,1H3,(H2,11,14,15,16,17). The molecule has 0 spiro atoms. The fourth-order valence-corrected chi connectivity index (χ4v) is 1.98. The molecule has 0 aliphatic rings. The van der Waals surface area contributed by atoms with E-state index >= 15 is 0 Å². The zero-order valence-electron chi connectivity index (χ0n) is 10.5. The van der Waals surface area contributed by atoms with Gasteiger partial charge in [0.15, 0.2) is 11.6 Å². The van der Waals surface area contributed by atoms with Crippen LogP contribution in [0.1, 0.15) is 0 Å². The molecule has 0 saturated carbocycles. The summed E-state index contributed by atoms with van der Waals surface area (Å²) < 4.78 is 36.7. The molecule has 0 aromatic carbocycles. The molecule has 10 nitrogen and oxygen atoms in total. The molecular weight excluding hydrogens is 303 g/mol. The predicted octanol–water partition coefficient (Wildman–Crippen LogP) is -0.899. The van der Waals surface area contributed by atoms with Gasteiger partial charge in [-0.1, -0.05) is 0 Å². The Morgan fingerprint density at radius 3 is 2.43 bits per heavy atom. The lowest BCUT2D eigenvalue weighted by atomic mass is 10.5. The van der Waals surface area contributed by atoms with Gasteiger partial charge in [0.05, 0.1) is 12.4 Å². The molecule has 21 heavy (non-hydrogen) atoms. The molecule has 2 N–H and O–H groups in total. The van der Waals surface area contributed by atoms with Crippen molar-refractivity contribution in [3.05, 3.63) is 18.2 Å². The van der Waals surface area contributed by atoms with E-state index in [0.29, 0.717) is 0 Å². The van der Waals surface area contributed by atoms with Crippen molar-refractivity contribution in [3.63, 3.8) is 0 Å². The number of hydrogen-bond donors (Lipinski definition) is 1. The highest BCUT2D eigenvalue weighted by atomic mass is 32.2. The largest absolute Gasteiger partial charge is 0.368 e. The lowest BCUT2D eigenvalue weighted by molar-refractivity contribution is 0.592. The molecule has 0 amide bonds. The lowest BCUT2D eigenvalue weighted by Gasteiger charge is -1.99. The number of rotatable bonds is 2. The smallest absolute Gasteiger partial charge is 0.258 e. The minimum atomic E-state index is -3.64. The van der Waals surface area contributed by atoms with Crippen molar-refractivity contribution in [1.82, 2.24) is 34.5 Å². The monoisotopic (exact) mass is 310 g/mol. The van der Waals surface area contributed by atoms with Crippen molar-refractivity contribution in [2.24, 2.45) is 0 Å². The van der Waals surface area contributed by atoms with E-state index < -0.39 is 20.8 Å². The molecule has 3 rings (SSSR count). The maximum absolute atomic E-state index is 12.8. The first-order valence-corrected chi connectivity index (χ1v) is 7.32. The number of nitrogen functional groups attached to an aromatic ring is 1. The first kappa shape index (κ1) is 13.2. The normalized spacial score (nSPS) is 11.9. The Balaban J connectivity index is 2.20. The summed E-state index contributed by atoms with van der Waals surface area (Å²) in [5.74, 6) is -0.836. The van der Waals surface area contributed by atoms with Crippen LogP contribution in [0.3, 0.4) is 0 Å². The summed E-state index contributed by atoms with van der Waals surface area (Å²) in [6.07, 6.45) is 2.84. The van der Waals surface area contributed by atoms with Gasteiger partial charge in [-0.2, -0.15) is 19.5 Å². The Hall–Kier alpha value is -2.76. The van der Waals surface area contributed by atoms with Gasteiger partial charge in [-0.25, -0.2) is 22.8 Å². The topological polar surface area (TPSA) is 142 Å². The summed E-state index contributed by atoms with van der Waals surface area (Å²) >= 11 is 0. The lowest BCUT2D eigenvalue weighted by Crippen LogP contribution is -2.11. The van der Waals surface area contributed by atoms with E-state index in [0.717, 1.165) is 23.2 Å². The molecule has 0 fully saturated rings. The first-order chi connectivity index (χ1) is 9.84. The fourth-order valence-electron chi connectivity index (χ4n) is 1.47. The highest BCUT2D eigenvalue weighted by Crippen LogP contribution is 2.13. The second-order valence-electron chi connectivity index (χ2n) is 4.01. The van der Waals surface area contributed by atoms with Gasteiger partial charge < -0.3 is 5.73 Å². The second-order valence-corrected chi connectivity index (χ2v) is 5.92. The highest BCUT2D eigenvalue weighted by Gasteiger charge is 2.18. The van der Waals surface area contributed by atoms with Gasteiger partial charge in [-0.15, -0.1) is 5.10 Å². The molecule has 0 saturated heterocycles. The van der Waals surface area contributed by atoms with Crippen molar-refractivity contribution in [2.75, 3.05) is 12.0 Å². The van der Waals surface area contributed by atoms with Gasteiger partial charge >= 0.3 is 0 Å². The number of anilines is 1. The van der Waals surface area contributed by atoms with Crippen molar-refractivity contribution < 1.29 is 12.8 Å². The molecule has 3 aromatic heterocycles. The molecule has 0 radical (unpaired) electrons. The first-order valence-electron chi connectivity index (χ1n) is 5.43. The Bertz CT molecular complexity index is 936. The van der Waals surface area contributed by atoms with Crippen LogP contribution in [-0.4, -0.2) is 49.2 Å². The minimum Gasteiger partial charge on any atom is -0.368 e. The molecule has 108 valence electrons. The number of hydrogen-bond acceptors (Lipinski definition) is 9. The van der Waals surface area contributed by atoms with E-state index in [1.165, 1.54) is 0 Å². The fraction of sp³-hybridized carbons (Fsp3) is 0.111. The van der Waals surface area contributed by atoms with E-state index in [1.54, 1.807) is 0 Å². The average molecular weight is 310 g/mol. The van der Waals surface area contributed by atoms with Crippen LogP contribution in [-0.2, 0) is 9.84 Å². The number of sulfone groups is 1. The second kappa shape index (κ2) is 4.37. The number of nitrogens with two attached hydrogens (primary N) is 1. The van der Waals surface area contributed by atoms with Crippen molar-refractivity contribution >= 4 is 21.6 Å².